The van der Waals surface area contributed by atoms with E-state index in [0.717, 1.165) is 11.4 Å². The number of aryl methyl sites for hydroxylation is 1. The number of nitro groups is 1. The predicted molar refractivity (Wildman–Crippen MR) is 74.0 cm³/mol. The molecule has 0 spiro atoms. The molecule has 1 aromatic heterocycles. The first kappa shape index (κ1) is 13.6. The molecule has 1 heterocycles. The standard InChI is InChI=1S/C12H14N4O2S/c1-3-9(13)12-15-14-11(19-12)8-5-4-7(2)10(6-8)16(17)18/h4-6,9H,3,13H2,1-2H3. The minimum atomic E-state index is -0.390. The summed E-state index contributed by atoms with van der Waals surface area (Å²) < 4.78 is 0. The number of nitro benzene ring substituents is 1. The molecule has 0 aliphatic carbocycles. The Balaban J connectivity index is 2.39. The average Bonchev–Trinajstić information content (AvgIpc) is 2.87. The summed E-state index contributed by atoms with van der Waals surface area (Å²) in [7, 11) is 0. The molecule has 2 rings (SSSR count). The van der Waals surface area contributed by atoms with E-state index in [1.807, 2.05) is 13.0 Å². The van der Waals surface area contributed by atoms with Gasteiger partial charge in [-0.2, -0.15) is 0 Å². The van der Waals surface area contributed by atoms with Gasteiger partial charge in [-0.3, -0.25) is 10.1 Å². The summed E-state index contributed by atoms with van der Waals surface area (Å²) in [5.74, 6) is 0. The summed E-state index contributed by atoms with van der Waals surface area (Å²) in [6.45, 7) is 3.68. The molecule has 0 amide bonds. The lowest BCUT2D eigenvalue weighted by atomic mass is 10.1. The fourth-order valence-corrected chi connectivity index (χ4v) is 2.54. The molecule has 1 unspecified atom stereocenters. The van der Waals surface area contributed by atoms with E-state index < -0.39 is 4.92 Å². The maximum atomic E-state index is 10.9. The largest absolute Gasteiger partial charge is 0.322 e. The van der Waals surface area contributed by atoms with Crippen molar-refractivity contribution in [1.29, 1.82) is 0 Å². The van der Waals surface area contributed by atoms with E-state index in [2.05, 4.69) is 10.2 Å². The van der Waals surface area contributed by atoms with Gasteiger partial charge in [0.1, 0.15) is 10.0 Å². The van der Waals surface area contributed by atoms with Gasteiger partial charge < -0.3 is 5.73 Å². The molecular weight excluding hydrogens is 264 g/mol. The average molecular weight is 278 g/mol. The molecule has 0 saturated carbocycles. The Bertz CT molecular complexity index is 612. The Hall–Kier alpha value is -1.86. The third-order valence-corrected chi connectivity index (χ3v) is 3.95. The highest BCUT2D eigenvalue weighted by molar-refractivity contribution is 7.14. The van der Waals surface area contributed by atoms with Gasteiger partial charge in [0.2, 0.25) is 0 Å². The molecule has 1 atom stereocenters. The topological polar surface area (TPSA) is 94.9 Å². The van der Waals surface area contributed by atoms with E-state index >= 15 is 0 Å². The molecule has 0 bridgehead atoms. The van der Waals surface area contributed by atoms with Crippen molar-refractivity contribution in [1.82, 2.24) is 10.2 Å². The normalized spacial score (nSPS) is 12.4. The highest BCUT2D eigenvalue weighted by atomic mass is 32.1. The zero-order chi connectivity index (χ0) is 14.0. The van der Waals surface area contributed by atoms with Gasteiger partial charge in [-0.25, -0.2) is 0 Å². The van der Waals surface area contributed by atoms with Gasteiger partial charge in [-0.1, -0.05) is 30.4 Å². The lowest BCUT2D eigenvalue weighted by Gasteiger charge is -2.01. The quantitative estimate of drug-likeness (QED) is 0.685. The number of benzene rings is 1. The Morgan fingerprint density at radius 3 is 2.84 bits per heavy atom. The fraction of sp³-hybridized carbons (Fsp3) is 0.333. The lowest BCUT2D eigenvalue weighted by molar-refractivity contribution is -0.385. The van der Waals surface area contributed by atoms with Gasteiger partial charge in [0, 0.05) is 17.2 Å². The summed E-state index contributed by atoms with van der Waals surface area (Å²) in [6, 6.07) is 4.92. The van der Waals surface area contributed by atoms with Gasteiger partial charge in [-0.15, -0.1) is 10.2 Å². The summed E-state index contributed by atoms with van der Waals surface area (Å²) in [5.41, 5.74) is 7.31. The fourth-order valence-electron chi connectivity index (χ4n) is 1.61. The molecule has 6 nitrogen and oxygen atoms in total. The van der Waals surface area contributed by atoms with Gasteiger partial charge >= 0.3 is 0 Å². The first-order valence-corrected chi connectivity index (χ1v) is 6.69. The zero-order valence-electron chi connectivity index (χ0n) is 10.7. The number of rotatable bonds is 4. The van der Waals surface area contributed by atoms with E-state index in [9.17, 15) is 10.1 Å². The maximum Gasteiger partial charge on any atom is 0.273 e. The van der Waals surface area contributed by atoms with Crippen LogP contribution in [0.3, 0.4) is 0 Å². The Morgan fingerprint density at radius 2 is 2.21 bits per heavy atom. The minimum Gasteiger partial charge on any atom is -0.322 e. The van der Waals surface area contributed by atoms with Gasteiger partial charge in [0.05, 0.1) is 11.0 Å². The molecule has 1 aromatic carbocycles. The summed E-state index contributed by atoms with van der Waals surface area (Å²) in [5, 5.41) is 20.4. The summed E-state index contributed by atoms with van der Waals surface area (Å²) in [4.78, 5) is 10.5. The summed E-state index contributed by atoms with van der Waals surface area (Å²) >= 11 is 1.38. The number of hydrogen-bond donors (Lipinski definition) is 1. The van der Waals surface area contributed by atoms with Crippen LogP contribution >= 0.6 is 11.3 Å². The van der Waals surface area contributed by atoms with Crippen LogP contribution in [-0.4, -0.2) is 15.1 Å². The van der Waals surface area contributed by atoms with E-state index in [1.54, 1.807) is 13.0 Å². The lowest BCUT2D eigenvalue weighted by Crippen LogP contribution is -2.07. The minimum absolute atomic E-state index is 0.0917. The second-order valence-corrected chi connectivity index (χ2v) is 5.23. The maximum absolute atomic E-state index is 10.9. The van der Waals surface area contributed by atoms with E-state index in [4.69, 9.17) is 5.73 Å². The van der Waals surface area contributed by atoms with Crippen molar-refractivity contribution >= 4 is 17.0 Å². The number of nitrogens with zero attached hydrogens (tertiary/aromatic N) is 3. The molecule has 0 aliphatic heterocycles. The SMILES string of the molecule is CCC(N)c1nnc(-c2ccc(C)c([N+](=O)[O-])c2)s1. The molecule has 0 aliphatic rings. The highest BCUT2D eigenvalue weighted by Crippen LogP contribution is 2.30. The second kappa shape index (κ2) is 5.41. The van der Waals surface area contributed by atoms with E-state index in [0.29, 0.717) is 16.1 Å². The highest BCUT2D eigenvalue weighted by Gasteiger charge is 2.16. The third-order valence-electron chi connectivity index (χ3n) is 2.85. The van der Waals surface area contributed by atoms with Gasteiger partial charge in [0.15, 0.2) is 0 Å². The molecular formula is C12H14N4O2S. The van der Waals surface area contributed by atoms with Crippen molar-refractivity contribution in [3.8, 4) is 10.6 Å². The van der Waals surface area contributed by atoms with Crippen LogP contribution in [-0.2, 0) is 0 Å². The zero-order valence-corrected chi connectivity index (χ0v) is 11.5. The first-order chi connectivity index (χ1) is 9.02. The van der Waals surface area contributed by atoms with Crippen LogP contribution in [0.15, 0.2) is 18.2 Å². The molecule has 100 valence electrons. The Morgan fingerprint density at radius 1 is 1.47 bits per heavy atom. The van der Waals surface area contributed by atoms with E-state index in [-0.39, 0.29) is 11.7 Å². The van der Waals surface area contributed by atoms with Crippen LogP contribution in [0.25, 0.3) is 10.6 Å². The van der Waals surface area contributed by atoms with Crippen molar-refractivity contribution in [2.75, 3.05) is 0 Å². The molecule has 0 saturated heterocycles. The monoisotopic (exact) mass is 278 g/mol. The van der Waals surface area contributed by atoms with Gasteiger partial charge in [-0.05, 0) is 13.3 Å². The van der Waals surface area contributed by atoms with Crippen molar-refractivity contribution in [2.45, 2.75) is 26.3 Å². The molecule has 19 heavy (non-hydrogen) atoms. The number of nitrogens with two attached hydrogens (primary N) is 1. The van der Waals surface area contributed by atoms with Crippen LogP contribution in [0.5, 0.6) is 0 Å². The van der Waals surface area contributed by atoms with Crippen LogP contribution in [0.1, 0.15) is 30.0 Å². The Kier molecular flexibility index (Phi) is 3.87. The van der Waals surface area contributed by atoms with Gasteiger partial charge in [0.25, 0.3) is 5.69 Å². The van der Waals surface area contributed by atoms with Crippen molar-refractivity contribution < 1.29 is 4.92 Å². The molecule has 2 N–H and O–H groups in total. The molecule has 0 radical (unpaired) electrons. The Labute approximate surface area is 114 Å². The van der Waals surface area contributed by atoms with Crippen LogP contribution in [0.2, 0.25) is 0 Å². The third kappa shape index (κ3) is 2.77. The first-order valence-electron chi connectivity index (χ1n) is 5.87. The number of aromatic nitrogens is 2. The van der Waals surface area contributed by atoms with E-state index in [1.165, 1.54) is 17.4 Å². The van der Waals surface area contributed by atoms with Crippen molar-refractivity contribution in [2.24, 2.45) is 5.73 Å². The van der Waals surface area contributed by atoms with Crippen molar-refractivity contribution in [3.63, 3.8) is 0 Å². The summed E-state index contributed by atoms with van der Waals surface area (Å²) in [6.07, 6.45) is 0.780. The number of hydrogen-bond acceptors (Lipinski definition) is 6. The second-order valence-electron chi connectivity index (χ2n) is 4.22. The smallest absolute Gasteiger partial charge is 0.273 e. The van der Waals surface area contributed by atoms with Crippen LogP contribution < -0.4 is 5.73 Å². The van der Waals surface area contributed by atoms with Crippen LogP contribution in [0.4, 0.5) is 5.69 Å². The molecule has 2 aromatic rings. The van der Waals surface area contributed by atoms with Crippen molar-refractivity contribution in [3.05, 3.63) is 38.9 Å². The van der Waals surface area contributed by atoms with Crippen LogP contribution in [0, 0.1) is 17.0 Å². The molecule has 7 heteroatoms. The molecule has 0 fully saturated rings. The predicted octanol–water partition coefficient (Wildman–Crippen LogP) is 2.83.